The van der Waals surface area contributed by atoms with Crippen molar-refractivity contribution in [2.24, 2.45) is 11.8 Å². The van der Waals surface area contributed by atoms with Crippen LogP contribution in [0.5, 0.6) is 11.5 Å². The Bertz CT molecular complexity index is 1010. The van der Waals surface area contributed by atoms with Crippen LogP contribution in [0.15, 0.2) is 42.5 Å². The van der Waals surface area contributed by atoms with Crippen LogP contribution in [0.3, 0.4) is 0 Å². The minimum atomic E-state index is -1.32. The number of phenolic OH excluding ortho intramolecular Hbond substituents is 1. The average Bonchev–Trinajstić information content (AvgIpc) is 3.20. The topological polar surface area (TPSA) is 116 Å². The van der Waals surface area contributed by atoms with Crippen LogP contribution in [-0.4, -0.2) is 41.1 Å². The summed E-state index contributed by atoms with van der Waals surface area (Å²) in [5.74, 6) is -5.41. The van der Waals surface area contributed by atoms with Crippen LogP contribution >= 0.6 is 0 Å². The number of halogens is 1. The number of aromatic hydroxyl groups is 1. The first-order chi connectivity index (χ1) is 13.8. The van der Waals surface area contributed by atoms with E-state index in [-0.39, 0.29) is 22.7 Å². The van der Waals surface area contributed by atoms with Gasteiger partial charge < -0.3 is 14.9 Å². The summed E-state index contributed by atoms with van der Waals surface area (Å²) < 4.78 is 18.3. The van der Waals surface area contributed by atoms with Gasteiger partial charge in [-0.05, 0) is 30.3 Å². The molecule has 2 aromatic rings. The van der Waals surface area contributed by atoms with Gasteiger partial charge in [0.25, 0.3) is 0 Å². The SMILES string of the molecule is COc1cccc([C@@H]2N[C@H](C(=O)O)[C@@H]3C(=O)N(c4ccc(F)cc4)C(=O)[C@@H]32)c1O. The zero-order valence-electron chi connectivity index (χ0n) is 15.2. The lowest BCUT2D eigenvalue weighted by molar-refractivity contribution is -0.142. The molecule has 2 aliphatic heterocycles. The summed E-state index contributed by atoms with van der Waals surface area (Å²) in [4.78, 5) is 38.8. The van der Waals surface area contributed by atoms with Crippen molar-refractivity contribution >= 4 is 23.5 Å². The molecule has 3 N–H and O–H groups in total. The van der Waals surface area contributed by atoms with Crippen molar-refractivity contribution in [3.63, 3.8) is 0 Å². The number of fused-ring (bicyclic) bond motifs is 1. The smallest absolute Gasteiger partial charge is 0.321 e. The maximum atomic E-state index is 13.3. The molecule has 2 aromatic carbocycles. The highest BCUT2D eigenvalue weighted by molar-refractivity contribution is 6.23. The second-order valence-corrected chi connectivity index (χ2v) is 6.90. The van der Waals surface area contributed by atoms with Crippen LogP contribution < -0.4 is 15.0 Å². The Morgan fingerprint density at radius 3 is 2.38 bits per heavy atom. The van der Waals surface area contributed by atoms with Gasteiger partial charge in [0, 0.05) is 11.6 Å². The number of hydrogen-bond acceptors (Lipinski definition) is 6. The molecular formula is C20H17FN2O6. The van der Waals surface area contributed by atoms with Crippen LogP contribution in [-0.2, 0) is 14.4 Å². The molecule has 2 amide bonds. The lowest BCUT2D eigenvalue weighted by atomic mass is 9.86. The first kappa shape index (κ1) is 18.9. The Hall–Kier alpha value is -3.46. The Morgan fingerprint density at radius 1 is 1.10 bits per heavy atom. The standard InChI is InChI=1S/C20H17FN2O6/c1-29-12-4-2-3-11(17(12)24)15-13-14(16(22-15)20(27)28)19(26)23(18(13)25)10-7-5-9(21)6-8-10/h2-8,13-16,22,24H,1H3,(H,27,28)/t13-,14+,15-,16-/m0/s1. The Balaban J connectivity index is 1.80. The van der Waals surface area contributed by atoms with Crippen molar-refractivity contribution in [2.45, 2.75) is 12.1 Å². The molecule has 4 atom stereocenters. The van der Waals surface area contributed by atoms with Gasteiger partial charge in [-0.3, -0.25) is 19.7 Å². The number of phenols is 1. The monoisotopic (exact) mass is 400 g/mol. The van der Waals surface area contributed by atoms with Gasteiger partial charge >= 0.3 is 5.97 Å². The van der Waals surface area contributed by atoms with E-state index in [1.165, 1.54) is 31.4 Å². The van der Waals surface area contributed by atoms with Crippen molar-refractivity contribution in [1.82, 2.24) is 5.32 Å². The van der Waals surface area contributed by atoms with Crippen molar-refractivity contribution in [2.75, 3.05) is 12.0 Å². The van der Waals surface area contributed by atoms with Gasteiger partial charge in [0.1, 0.15) is 11.9 Å². The van der Waals surface area contributed by atoms with Crippen LogP contribution in [0.4, 0.5) is 10.1 Å². The Morgan fingerprint density at radius 2 is 1.76 bits per heavy atom. The fourth-order valence-corrected chi connectivity index (χ4v) is 4.12. The summed E-state index contributed by atoms with van der Waals surface area (Å²) in [5.41, 5.74) is 0.416. The van der Waals surface area contributed by atoms with E-state index in [1.54, 1.807) is 6.07 Å². The molecule has 0 saturated carbocycles. The van der Waals surface area contributed by atoms with Crippen LogP contribution in [0.25, 0.3) is 0 Å². The molecule has 0 bridgehead atoms. The molecule has 2 heterocycles. The zero-order chi connectivity index (χ0) is 20.9. The third-order valence-electron chi connectivity index (χ3n) is 5.41. The molecule has 0 spiro atoms. The molecule has 2 fully saturated rings. The number of amides is 2. The fourth-order valence-electron chi connectivity index (χ4n) is 4.12. The average molecular weight is 400 g/mol. The van der Waals surface area contributed by atoms with Crippen LogP contribution in [0, 0.1) is 17.7 Å². The first-order valence-corrected chi connectivity index (χ1v) is 8.83. The van der Waals surface area contributed by atoms with Crippen molar-refractivity contribution in [1.29, 1.82) is 0 Å². The number of hydrogen-bond donors (Lipinski definition) is 3. The fraction of sp³-hybridized carbons (Fsp3) is 0.250. The summed E-state index contributed by atoms with van der Waals surface area (Å²) in [6.07, 6.45) is 0. The van der Waals surface area contributed by atoms with Gasteiger partial charge in [0.15, 0.2) is 11.5 Å². The molecule has 8 nitrogen and oxygen atoms in total. The highest BCUT2D eigenvalue weighted by Crippen LogP contribution is 2.48. The summed E-state index contributed by atoms with van der Waals surface area (Å²) in [7, 11) is 1.37. The van der Waals surface area contributed by atoms with Gasteiger partial charge in [0.2, 0.25) is 11.8 Å². The van der Waals surface area contributed by atoms with E-state index in [0.717, 1.165) is 17.0 Å². The molecule has 29 heavy (non-hydrogen) atoms. The number of ether oxygens (including phenoxy) is 1. The summed E-state index contributed by atoms with van der Waals surface area (Å²) in [6, 6.07) is 7.21. The number of imide groups is 1. The molecule has 4 rings (SSSR count). The van der Waals surface area contributed by atoms with Gasteiger partial charge in [-0.1, -0.05) is 12.1 Å². The quantitative estimate of drug-likeness (QED) is 0.665. The van der Waals surface area contributed by atoms with Gasteiger partial charge in [0.05, 0.1) is 24.6 Å². The molecule has 2 saturated heterocycles. The molecule has 2 aliphatic rings. The number of benzene rings is 2. The second-order valence-electron chi connectivity index (χ2n) is 6.90. The molecular weight excluding hydrogens is 383 g/mol. The number of carbonyl (C=O) groups is 3. The van der Waals surface area contributed by atoms with E-state index in [1.807, 2.05) is 0 Å². The normalized spacial score (nSPS) is 25.9. The molecule has 150 valence electrons. The van der Waals surface area contributed by atoms with E-state index < -0.39 is 47.5 Å². The first-order valence-electron chi connectivity index (χ1n) is 8.83. The number of carboxylic acid groups (broad SMARTS) is 1. The van der Waals surface area contributed by atoms with Gasteiger partial charge in [-0.15, -0.1) is 0 Å². The van der Waals surface area contributed by atoms with E-state index in [9.17, 15) is 29.0 Å². The lowest BCUT2D eigenvalue weighted by Gasteiger charge is -2.22. The number of methoxy groups -OCH3 is 1. The Kier molecular flexibility index (Phi) is 4.46. The van der Waals surface area contributed by atoms with Gasteiger partial charge in [-0.25, -0.2) is 9.29 Å². The molecule has 0 aliphatic carbocycles. The van der Waals surface area contributed by atoms with Gasteiger partial charge in [-0.2, -0.15) is 0 Å². The van der Waals surface area contributed by atoms with Crippen molar-refractivity contribution in [3.8, 4) is 11.5 Å². The largest absolute Gasteiger partial charge is 0.504 e. The third kappa shape index (κ3) is 2.82. The van der Waals surface area contributed by atoms with E-state index in [2.05, 4.69) is 5.32 Å². The number of carboxylic acids is 1. The summed E-state index contributed by atoms with van der Waals surface area (Å²) >= 11 is 0. The number of anilines is 1. The molecule has 0 radical (unpaired) electrons. The zero-order valence-corrected chi connectivity index (χ0v) is 15.2. The predicted molar refractivity (Wildman–Crippen MR) is 97.8 cm³/mol. The van der Waals surface area contributed by atoms with E-state index in [4.69, 9.17) is 4.74 Å². The maximum absolute atomic E-state index is 13.3. The minimum Gasteiger partial charge on any atom is -0.504 e. The van der Waals surface area contributed by atoms with E-state index >= 15 is 0 Å². The van der Waals surface area contributed by atoms with Crippen LogP contribution in [0.2, 0.25) is 0 Å². The lowest BCUT2D eigenvalue weighted by Crippen LogP contribution is -2.43. The summed E-state index contributed by atoms with van der Waals surface area (Å²) in [5, 5.41) is 22.9. The van der Waals surface area contributed by atoms with Crippen molar-refractivity contribution in [3.05, 3.63) is 53.8 Å². The minimum absolute atomic E-state index is 0.159. The number of aliphatic carboxylic acids is 1. The predicted octanol–water partition coefficient (Wildman–Crippen LogP) is 1.44. The van der Waals surface area contributed by atoms with Crippen molar-refractivity contribution < 1.29 is 33.7 Å². The molecule has 0 aromatic heterocycles. The number of nitrogens with one attached hydrogen (secondary N) is 1. The maximum Gasteiger partial charge on any atom is 0.321 e. The Labute approximate surface area is 164 Å². The second kappa shape index (κ2) is 6.85. The number of para-hydroxylation sites is 1. The highest BCUT2D eigenvalue weighted by atomic mass is 19.1. The van der Waals surface area contributed by atoms with Crippen LogP contribution in [0.1, 0.15) is 11.6 Å². The number of nitrogens with zero attached hydrogens (tertiary/aromatic N) is 1. The molecule has 9 heteroatoms. The van der Waals surface area contributed by atoms with E-state index in [0.29, 0.717) is 0 Å². The number of carbonyl (C=O) groups excluding carboxylic acids is 2. The number of rotatable bonds is 4. The summed E-state index contributed by atoms with van der Waals surface area (Å²) in [6.45, 7) is 0. The highest BCUT2D eigenvalue weighted by Gasteiger charge is 2.61. The molecule has 0 unspecified atom stereocenters. The third-order valence-corrected chi connectivity index (χ3v) is 5.41.